The lowest BCUT2D eigenvalue weighted by molar-refractivity contribution is 1.08. The highest BCUT2D eigenvalue weighted by molar-refractivity contribution is 7.25. The van der Waals surface area contributed by atoms with Crippen LogP contribution in [0, 0.1) is 0 Å². The lowest BCUT2D eigenvalue weighted by atomic mass is 9.98. The van der Waals surface area contributed by atoms with Crippen LogP contribution >= 0.6 is 22.7 Å². The molecule has 0 saturated heterocycles. The molecular formula is C46H31N3S2. The van der Waals surface area contributed by atoms with Crippen molar-refractivity contribution in [1.29, 1.82) is 0 Å². The second-order valence-electron chi connectivity index (χ2n) is 12.4. The number of nitrogens with zero attached hydrogens (tertiary/aromatic N) is 3. The number of hydrogen-bond acceptors (Lipinski definition) is 5. The van der Waals surface area contributed by atoms with Crippen LogP contribution in [0.1, 0.15) is 17.4 Å². The molecule has 3 nitrogen and oxygen atoms in total. The van der Waals surface area contributed by atoms with Crippen LogP contribution < -0.4 is 0 Å². The zero-order valence-corrected chi connectivity index (χ0v) is 29.5. The molecule has 3 aromatic heterocycles. The van der Waals surface area contributed by atoms with Crippen molar-refractivity contribution < 1.29 is 0 Å². The lowest BCUT2D eigenvalue weighted by Gasteiger charge is -2.11. The van der Waals surface area contributed by atoms with Gasteiger partial charge in [0.1, 0.15) is 0 Å². The van der Waals surface area contributed by atoms with Crippen LogP contribution in [-0.2, 0) is 0 Å². The van der Waals surface area contributed by atoms with Gasteiger partial charge in [-0.3, -0.25) is 0 Å². The average molecular weight is 690 g/mol. The summed E-state index contributed by atoms with van der Waals surface area (Å²) in [6, 6.07) is 49.2. The van der Waals surface area contributed by atoms with E-state index in [0.29, 0.717) is 17.5 Å². The van der Waals surface area contributed by atoms with Gasteiger partial charge < -0.3 is 0 Å². The van der Waals surface area contributed by atoms with Gasteiger partial charge in [-0.2, -0.15) is 0 Å². The Bertz CT molecular complexity index is 2770. The minimum Gasteiger partial charge on any atom is -0.208 e. The van der Waals surface area contributed by atoms with Crippen molar-refractivity contribution in [3.8, 4) is 56.4 Å². The molecule has 242 valence electrons. The van der Waals surface area contributed by atoms with Crippen LogP contribution in [0.4, 0.5) is 0 Å². The third-order valence-electron chi connectivity index (χ3n) is 9.26. The van der Waals surface area contributed by atoms with Gasteiger partial charge >= 0.3 is 0 Å². The van der Waals surface area contributed by atoms with Gasteiger partial charge in [0, 0.05) is 57.4 Å². The Balaban J connectivity index is 1.19. The van der Waals surface area contributed by atoms with E-state index in [1.807, 2.05) is 19.1 Å². The summed E-state index contributed by atoms with van der Waals surface area (Å²) in [6.07, 6.45) is 6.16. The summed E-state index contributed by atoms with van der Waals surface area (Å²) >= 11 is 3.55. The maximum atomic E-state index is 5.18. The SMILES string of the molecule is C=Cc1c(/C=C\C)sc2cccc(-c3nc(-c4ccc(-c5cccc(-c6ccccc6)c5)cc4)nc(-c4ccc5c(c4)sc4ccccc45)n3)c12. The normalized spacial score (nSPS) is 11.6. The van der Waals surface area contributed by atoms with Crippen molar-refractivity contribution in [2.24, 2.45) is 0 Å². The quantitative estimate of drug-likeness (QED) is 0.167. The Labute approximate surface area is 304 Å². The number of aromatic nitrogens is 3. The van der Waals surface area contributed by atoms with E-state index in [0.717, 1.165) is 38.8 Å². The van der Waals surface area contributed by atoms with Crippen molar-refractivity contribution in [2.75, 3.05) is 0 Å². The molecule has 0 unspecified atom stereocenters. The average Bonchev–Trinajstić information content (AvgIpc) is 3.75. The van der Waals surface area contributed by atoms with Gasteiger partial charge in [0.15, 0.2) is 17.5 Å². The maximum Gasteiger partial charge on any atom is 0.164 e. The van der Waals surface area contributed by atoms with E-state index in [-0.39, 0.29) is 0 Å². The van der Waals surface area contributed by atoms with E-state index in [9.17, 15) is 0 Å². The van der Waals surface area contributed by atoms with E-state index in [4.69, 9.17) is 15.0 Å². The molecule has 0 fully saturated rings. The number of hydrogen-bond donors (Lipinski definition) is 0. The van der Waals surface area contributed by atoms with Crippen molar-refractivity contribution in [1.82, 2.24) is 15.0 Å². The number of fused-ring (bicyclic) bond motifs is 4. The van der Waals surface area contributed by atoms with Gasteiger partial charge in [0.25, 0.3) is 0 Å². The molecule has 0 aliphatic carbocycles. The van der Waals surface area contributed by atoms with E-state index in [1.54, 1.807) is 22.7 Å². The molecule has 9 aromatic rings. The molecular weight excluding hydrogens is 659 g/mol. The van der Waals surface area contributed by atoms with Gasteiger partial charge in [0.2, 0.25) is 0 Å². The molecule has 0 amide bonds. The van der Waals surface area contributed by atoms with Crippen LogP contribution in [0.3, 0.4) is 0 Å². The molecule has 0 spiro atoms. The molecule has 0 radical (unpaired) electrons. The van der Waals surface area contributed by atoms with Crippen molar-refractivity contribution in [3.63, 3.8) is 0 Å². The minimum absolute atomic E-state index is 0.636. The monoisotopic (exact) mass is 689 g/mol. The summed E-state index contributed by atoms with van der Waals surface area (Å²) in [6.45, 7) is 6.23. The topological polar surface area (TPSA) is 38.7 Å². The van der Waals surface area contributed by atoms with Gasteiger partial charge in [0.05, 0.1) is 0 Å². The van der Waals surface area contributed by atoms with E-state index in [1.165, 1.54) is 40.9 Å². The van der Waals surface area contributed by atoms with Crippen molar-refractivity contribution in [3.05, 3.63) is 163 Å². The van der Waals surface area contributed by atoms with Crippen LogP contribution in [0.25, 0.3) is 98.8 Å². The fraction of sp³-hybridized carbons (Fsp3) is 0.0217. The van der Waals surface area contributed by atoms with Crippen molar-refractivity contribution >= 4 is 65.1 Å². The lowest BCUT2D eigenvalue weighted by Crippen LogP contribution is -2.00. The van der Waals surface area contributed by atoms with Gasteiger partial charge in [-0.15, -0.1) is 22.7 Å². The summed E-state index contributed by atoms with van der Waals surface area (Å²) in [4.78, 5) is 16.6. The highest BCUT2D eigenvalue weighted by Gasteiger charge is 2.19. The molecule has 6 aromatic carbocycles. The van der Waals surface area contributed by atoms with Crippen LogP contribution in [0.15, 0.2) is 152 Å². The predicted molar refractivity (Wildman–Crippen MR) is 220 cm³/mol. The number of benzene rings is 6. The van der Waals surface area contributed by atoms with Crippen LogP contribution in [0.5, 0.6) is 0 Å². The molecule has 9 rings (SSSR count). The molecule has 0 atom stereocenters. The van der Waals surface area contributed by atoms with Gasteiger partial charge in [-0.1, -0.05) is 134 Å². The maximum absolute atomic E-state index is 5.18. The summed E-state index contributed by atoms with van der Waals surface area (Å²) in [5.41, 5.74) is 8.65. The number of thiophene rings is 2. The molecule has 0 aliphatic heterocycles. The second-order valence-corrected chi connectivity index (χ2v) is 14.6. The summed E-state index contributed by atoms with van der Waals surface area (Å²) in [5, 5.41) is 3.63. The largest absolute Gasteiger partial charge is 0.208 e. The molecule has 0 aliphatic rings. The second kappa shape index (κ2) is 13.0. The molecule has 3 heterocycles. The summed E-state index contributed by atoms with van der Waals surface area (Å²) in [7, 11) is 0. The molecule has 0 bridgehead atoms. The standard InChI is InChI=1S/C46H31N3S2/c1-3-12-39-35(4-2)43-38(18-11-20-41(43)50-39)46-48-44(47-45(49-46)34-25-26-37-36-17-8-9-19-40(36)51-42(37)28-34)31-23-21-30(22-24-31)33-16-10-15-32(27-33)29-13-6-5-7-14-29/h3-28H,2H2,1H3/b12-3-. The van der Waals surface area contributed by atoms with E-state index in [2.05, 4.69) is 152 Å². The Kier molecular flexibility index (Phi) is 7.92. The Morgan fingerprint density at radius 2 is 1.10 bits per heavy atom. The first-order chi connectivity index (χ1) is 25.2. The predicted octanol–water partition coefficient (Wildman–Crippen LogP) is 13.5. The van der Waals surface area contributed by atoms with Gasteiger partial charge in [-0.25, -0.2) is 15.0 Å². The number of rotatable bonds is 7. The fourth-order valence-electron chi connectivity index (χ4n) is 6.80. The Morgan fingerprint density at radius 1 is 0.490 bits per heavy atom. The molecule has 0 saturated carbocycles. The van der Waals surface area contributed by atoms with Crippen molar-refractivity contribution in [2.45, 2.75) is 6.92 Å². The summed E-state index contributed by atoms with van der Waals surface area (Å²) in [5.74, 6) is 1.93. The smallest absolute Gasteiger partial charge is 0.164 e. The van der Waals surface area contributed by atoms with Gasteiger partial charge in [-0.05, 0) is 59.5 Å². The zero-order chi connectivity index (χ0) is 34.3. The number of allylic oxidation sites excluding steroid dienone is 1. The van der Waals surface area contributed by atoms with Crippen LogP contribution in [-0.4, -0.2) is 15.0 Å². The fourth-order valence-corrected chi connectivity index (χ4v) is 9.15. The first-order valence-electron chi connectivity index (χ1n) is 16.9. The zero-order valence-electron chi connectivity index (χ0n) is 27.9. The highest BCUT2D eigenvalue weighted by atomic mass is 32.1. The highest BCUT2D eigenvalue weighted by Crippen LogP contribution is 2.40. The first kappa shape index (κ1) is 31.0. The molecule has 51 heavy (non-hydrogen) atoms. The first-order valence-corrected chi connectivity index (χ1v) is 18.6. The van der Waals surface area contributed by atoms with Crippen LogP contribution in [0.2, 0.25) is 0 Å². The van der Waals surface area contributed by atoms with E-state index >= 15 is 0 Å². The molecule has 0 N–H and O–H groups in total. The third kappa shape index (κ3) is 5.67. The third-order valence-corrected chi connectivity index (χ3v) is 11.5. The molecule has 5 heteroatoms. The summed E-state index contributed by atoms with van der Waals surface area (Å²) < 4.78 is 3.66. The Morgan fingerprint density at radius 3 is 1.88 bits per heavy atom. The Hall–Kier alpha value is -6.01. The minimum atomic E-state index is 0.636. The van der Waals surface area contributed by atoms with E-state index < -0.39 is 0 Å².